The van der Waals surface area contributed by atoms with Gasteiger partial charge in [0, 0.05) is 18.0 Å². The zero-order valence-electron chi connectivity index (χ0n) is 7.34. The normalized spacial score (nSPS) is 19.7. The lowest BCUT2D eigenvalue weighted by atomic mass is 10.0. The summed E-state index contributed by atoms with van der Waals surface area (Å²) in [6, 6.07) is 0. The van der Waals surface area contributed by atoms with Crippen molar-refractivity contribution in [3.05, 3.63) is 10.7 Å². The van der Waals surface area contributed by atoms with Crippen molar-refractivity contribution in [2.45, 2.75) is 19.3 Å². The van der Waals surface area contributed by atoms with Gasteiger partial charge in [-0.25, -0.2) is 4.98 Å². The van der Waals surface area contributed by atoms with Gasteiger partial charge in [0.2, 0.25) is 5.95 Å². The highest BCUT2D eigenvalue weighted by atomic mass is 35.5. The van der Waals surface area contributed by atoms with Gasteiger partial charge in [0.05, 0.1) is 0 Å². The minimum atomic E-state index is 0.230. The fourth-order valence-corrected chi connectivity index (χ4v) is 1.96. The molecule has 0 aromatic carbocycles. The molecule has 1 aliphatic heterocycles. The molecule has 70 valence electrons. The average Bonchev–Trinajstić information content (AvgIpc) is 2.47. The molecule has 3 N–H and O–H groups in total. The van der Waals surface area contributed by atoms with Gasteiger partial charge in [-0.15, -0.1) is 0 Å². The zero-order valence-corrected chi connectivity index (χ0v) is 8.10. The molecule has 0 saturated heterocycles. The topological polar surface area (TPSA) is 63.8 Å². The van der Waals surface area contributed by atoms with E-state index in [0.29, 0.717) is 11.1 Å². The second kappa shape index (κ2) is 3.03. The SMILES string of the molecule is CCC1CNc2nc(N)nc(Cl)c21. The molecule has 0 aliphatic carbocycles. The van der Waals surface area contributed by atoms with Gasteiger partial charge in [-0.1, -0.05) is 18.5 Å². The molecule has 2 rings (SSSR count). The lowest BCUT2D eigenvalue weighted by molar-refractivity contribution is 0.725. The molecule has 0 spiro atoms. The Kier molecular flexibility index (Phi) is 2.00. The molecule has 1 aromatic rings. The van der Waals surface area contributed by atoms with E-state index in [4.69, 9.17) is 17.3 Å². The Balaban J connectivity index is 2.51. The third-order valence-electron chi connectivity index (χ3n) is 2.33. The lowest BCUT2D eigenvalue weighted by Gasteiger charge is -2.06. The molecule has 1 unspecified atom stereocenters. The van der Waals surface area contributed by atoms with Crippen LogP contribution < -0.4 is 11.1 Å². The van der Waals surface area contributed by atoms with Crippen LogP contribution in [0, 0.1) is 0 Å². The summed E-state index contributed by atoms with van der Waals surface area (Å²) in [5.41, 5.74) is 6.48. The minimum Gasteiger partial charge on any atom is -0.369 e. The fraction of sp³-hybridized carbons (Fsp3) is 0.500. The number of nitrogen functional groups attached to an aromatic ring is 1. The van der Waals surface area contributed by atoms with E-state index in [1.807, 2.05) is 0 Å². The van der Waals surface area contributed by atoms with Crippen molar-refractivity contribution < 1.29 is 0 Å². The van der Waals surface area contributed by atoms with Crippen LogP contribution in [0.2, 0.25) is 5.15 Å². The predicted octanol–water partition coefficient (Wildman–Crippen LogP) is 1.63. The molecule has 13 heavy (non-hydrogen) atoms. The van der Waals surface area contributed by atoms with Gasteiger partial charge in [0.25, 0.3) is 0 Å². The summed E-state index contributed by atoms with van der Waals surface area (Å²) in [6.07, 6.45) is 1.03. The highest BCUT2D eigenvalue weighted by Gasteiger charge is 2.25. The number of hydrogen-bond donors (Lipinski definition) is 2. The Morgan fingerprint density at radius 1 is 1.62 bits per heavy atom. The van der Waals surface area contributed by atoms with Crippen molar-refractivity contribution in [3.63, 3.8) is 0 Å². The van der Waals surface area contributed by atoms with Gasteiger partial charge in [0.1, 0.15) is 11.0 Å². The summed E-state index contributed by atoms with van der Waals surface area (Å²) in [5, 5.41) is 3.65. The summed E-state index contributed by atoms with van der Waals surface area (Å²) in [7, 11) is 0. The number of aromatic nitrogens is 2. The van der Waals surface area contributed by atoms with Gasteiger partial charge in [-0.3, -0.25) is 0 Å². The number of nitrogens with zero attached hydrogens (tertiary/aromatic N) is 2. The maximum Gasteiger partial charge on any atom is 0.223 e. The first-order chi connectivity index (χ1) is 6.22. The predicted molar refractivity (Wildman–Crippen MR) is 53.0 cm³/mol. The van der Waals surface area contributed by atoms with Crippen LogP contribution in [0.15, 0.2) is 0 Å². The lowest BCUT2D eigenvalue weighted by Crippen LogP contribution is -2.00. The van der Waals surface area contributed by atoms with Crippen LogP contribution in [0.25, 0.3) is 0 Å². The molecule has 0 bridgehead atoms. The van der Waals surface area contributed by atoms with Crippen LogP contribution in [-0.2, 0) is 0 Å². The molecule has 5 heteroatoms. The largest absolute Gasteiger partial charge is 0.369 e. The molecule has 0 saturated carbocycles. The molecule has 1 aliphatic rings. The smallest absolute Gasteiger partial charge is 0.223 e. The highest BCUT2D eigenvalue weighted by molar-refractivity contribution is 6.30. The average molecular weight is 199 g/mol. The molecular formula is C8H11ClN4. The Bertz CT molecular complexity index is 339. The third kappa shape index (κ3) is 1.31. The van der Waals surface area contributed by atoms with E-state index in [1.165, 1.54) is 0 Å². The molecule has 1 atom stereocenters. The number of nitrogens with one attached hydrogen (secondary N) is 1. The van der Waals surface area contributed by atoms with Crippen molar-refractivity contribution in [2.75, 3.05) is 17.6 Å². The van der Waals surface area contributed by atoms with Gasteiger partial charge in [-0.2, -0.15) is 4.98 Å². The van der Waals surface area contributed by atoms with Crippen LogP contribution in [0.3, 0.4) is 0 Å². The number of halogens is 1. The number of rotatable bonds is 1. The molecular weight excluding hydrogens is 188 g/mol. The van der Waals surface area contributed by atoms with Crippen LogP contribution in [-0.4, -0.2) is 16.5 Å². The second-order valence-corrected chi connectivity index (χ2v) is 3.48. The highest BCUT2D eigenvalue weighted by Crippen LogP contribution is 2.36. The molecule has 0 fully saturated rings. The van der Waals surface area contributed by atoms with Crippen molar-refractivity contribution in [3.8, 4) is 0 Å². The van der Waals surface area contributed by atoms with E-state index in [9.17, 15) is 0 Å². The van der Waals surface area contributed by atoms with Crippen molar-refractivity contribution in [2.24, 2.45) is 0 Å². The van der Waals surface area contributed by atoms with Crippen LogP contribution in [0.1, 0.15) is 24.8 Å². The molecule has 0 amide bonds. The van der Waals surface area contributed by atoms with Gasteiger partial charge < -0.3 is 11.1 Å². The first kappa shape index (κ1) is 8.56. The van der Waals surface area contributed by atoms with E-state index < -0.39 is 0 Å². The summed E-state index contributed by atoms with van der Waals surface area (Å²) >= 11 is 5.98. The quantitative estimate of drug-likeness (QED) is 0.674. The van der Waals surface area contributed by atoms with Crippen LogP contribution in [0.5, 0.6) is 0 Å². The van der Waals surface area contributed by atoms with E-state index in [1.54, 1.807) is 0 Å². The summed E-state index contributed by atoms with van der Waals surface area (Å²) in [6.45, 7) is 3.00. The Labute approximate surface area is 81.5 Å². The van der Waals surface area contributed by atoms with Gasteiger partial charge in [0.15, 0.2) is 0 Å². The Morgan fingerprint density at radius 3 is 3.08 bits per heavy atom. The number of hydrogen-bond acceptors (Lipinski definition) is 4. The van der Waals surface area contributed by atoms with Crippen LogP contribution in [0.4, 0.5) is 11.8 Å². The van der Waals surface area contributed by atoms with Crippen LogP contribution >= 0.6 is 11.6 Å². The van der Waals surface area contributed by atoms with Gasteiger partial charge >= 0.3 is 0 Å². The molecule has 0 radical (unpaired) electrons. The minimum absolute atomic E-state index is 0.230. The molecule has 1 aromatic heterocycles. The summed E-state index contributed by atoms with van der Waals surface area (Å²) < 4.78 is 0. The number of fused-ring (bicyclic) bond motifs is 1. The summed E-state index contributed by atoms with van der Waals surface area (Å²) in [5.74, 6) is 1.44. The first-order valence-electron chi connectivity index (χ1n) is 4.29. The summed E-state index contributed by atoms with van der Waals surface area (Å²) in [4.78, 5) is 8.02. The maximum atomic E-state index is 5.98. The van der Waals surface area contributed by atoms with Crippen molar-refractivity contribution >= 4 is 23.4 Å². The number of nitrogens with two attached hydrogens (primary N) is 1. The Hall–Kier alpha value is -1.03. The van der Waals surface area contributed by atoms with E-state index in [-0.39, 0.29) is 5.95 Å². The monoisotopic (exact) mass is 198 g/mol. The maximum absolute atomic E-state index is 5.98. The fourth-order valence-electron chi connectivity index (χ4n) is 1.63. The van der Waals surface area contributed by atoms with E-state index >= 15 is 0 Å². The number of anilines is 2. The third-order valence-corrected chi connectivity index (χ3v) is 2.62. The van der Waals surface area contributed by atoms with Crippen molar-refractivity contribution in [1.82, 2.24) is 9.97 Å². The zero-order chi connectivity index (χ0) is 9.42. The van der Waals surface area contributed by atoms with E-state index in [2.05, 4.69) is 22.2 Å². The first-order valence-corrected chi connectivity index (χ1v) is 4.67. The standard InChI is InChI=1S/C8H11ClN4/c1-2-4-3-11-7-5(4)6(9)12-8(10)13-7/h4H,2-3H2,1H3,(H3,10,11,12,13). The van der Waals surface area contributed by atoms with Crippen molar-refractivity contribution in [1.29, 1.82) is 0 Å². The van der Waals surface area contributed by atoms with E-state index in [0.717, 1.165) is 24.3 Å². The molecule has 4 nitrogen and oxygen atoms in total. The second-order valence-electron chi connectivity index (χ2n) is 3.12. The molecule has 2 heterocycles. The Morgan fingerprint density at radius 2 is 2.38 bits per heavy atom. The van der Waals surface area contributed by atoms with Gasteiger partial charge in [-0.05, 0) is 6.42 Å².